The van der Waals surface area contributed by atoms with Crippen LogP contribution in [0.1, 0.15) is 19.4 Å². The van der Waals surface area contributed by atoms with Crippen molar-refractivity contribution in [1.29, 1.82) is 0 Å². The highest BCUT2D eigenvalue weighted by Gasteiger charge is 2.30. The van der Waals surface area contributed by atoms with Gasteiger partial charge in [-0.3, -0.25) is 16.0 Å². The van der Waals surface area contributed by atoms with Gasteiger partial charge in [-0.1, -0.05) is 13.8 Å². The van der Waals surface area contributed by atoms with Crippen LogP contribution in [-0.2, 0) is 13.5 Å². The molecule has 2 heterocycles. The minimum Gasteiger partial charge on any atom is -0.276 e. The third-order valence-corrected chi connectivity index (χ3v) is 7.00. The molecule has 1 aromatic rings. The van der Waals surface area contributed by atoms with Gasteiger partial charge >= 0.3 is 0 Å². The topological polar surface area (TPSA) is 55.9 Å². The Labute approximate surface area is 117 Å². The van der Waals surface area contributed by atoms with Crippen molar-refractivity contribution in [2.24, 2.45) is 12.9 Å². The molecule has 4 unspecified atom stereocenters. The molecule has 0 radical (unpaired) electrons. The van der Waals surface area contributed by atoms with Crippen LogP contribution in [0.4, 0.5) is 0 Å². The molecule has 0 bridgehead atoms. The molecule has 6 heteroatoms. The molecule has 0 saturated carbocycles. The third kappa shape index (κ3) is 3.44. The second kappa shape index (κ2) is 6.32. The van der Waals surface area contributed by atoms with Crippen LogP contribution in [0, 0.1) is 0 Å². The average molecular weight is 286 g/mol. The maximum Gasteiger partial charge on any atom is 0.0522 e. The summed E-state index contributed by atoms with van der Waals surface area (Å²) in [4.78, 5) is 0. The molecule has 1 fully saturated rings. The van der Waals surface area contributed by atoms with Gasteiger partial charge in [0, 0.05) is 40.8 Å². The number of thioether (sulfide) groups is 2. The quantitative estimate of drug-likeness (QED) is 0.647. The summed E-state index contributed by atoms with van der Waals surface area (Å²) in [7, 11) is 1.95. The van der Waals surface area contributed by atoms with Crippen LogP contribution >= 0.6 is 23.5 Å². The van der Waals surface area contributed by atoms with Crippen LogP contribution in [0.5, 0.6) is 0 Å². The first-order chi connectivity index (χ1) is 8.60. The molecule has 3 N–H and O–H groups in total. The summed E-state index contributed by atoms with van der Waals surface area (Å²) in [6.45, 7) is 4.62. The maximum atomic E-state index is 5.74. The van der Waals surface area contributed by atoms with E-state index in [0.717, 1.165) is 11.7 Å². The Morgan fingerprint density at radius 1 is 1.56 bits per heavy atom. The normalized spacial score (nSPS) is 30.3. The minimum atomic E-state index is 0.321. The van der Waals surface area contributed by atoms with E-state index < -0.39 is 0 Å². The van der Waals surface area contributed by atoms with Gasteiger partial charge in [0.05, 0.1) is 6.20 Å². The number of hydrogen-bond acceptors (Lipinski definition) is 5. The van der Waals surface area contributed by atoms with Gasteiger partial charge in [-0.2, -0.15) is 28.6 Å². The molecule has 0 aliphatic carbocycles. The predicted molar refractivity (Wildman–Crippen MR) is 80.8 cm³/mol. The Morgan fingerprint density at radius 2 is 2.33 bits per heavy atom. The Bertz CT molecular complexity index is 382. The molecule has 1 aliphatic heterocycles. The van der Waals surface area contributed by atoms with Crippen molar-refractivity contribution in [3.63, 3.8) is 0 Å². The number of hydrazine groups is 1. The van der Waals surface area contributed by atoms with Gasteiger partial charge in [-0.05, 0) is 12.0 Å². The van der Waals surface area contributed by atoms with E-state index in [-0.39, 0.29) is 0 Å². The molecular formula is C12H22N4S2. The molecule has 1 saturated heterocycles. The molecule has 18 heavy (non-hydrogen) atoms. The number of hydrogen-bond donors (Lipinski definition) is 2. The van der Waals surface area contributed by atoms with Crippen LogP contribution < -0.4 is 11.3 Å². The Balaban J connectivity index is 1.96. The zero-order valence-corrected chi connectivity index (χ0v) is 12.8. The predicted octanol–water partition coefficient (Wildman–Crippen LogP) is 1.42. The van der Waals surface area contributed by atoms with Crippen molar-refractivity contribution >= 4 is 23.5 Å². The minimum absolute atomic E-state index is 0.321. The highest BCUT2D eigenvalue weighted by molar-refractivity contribution is 8.07. The SMILES string of the molecule is CC1SCC(C(Cc2cnn(C)c2)NN)SC1C. The van der Waals surface area contributed by atoms with Gasteiger partial charge in [0.1, 0.15) is 0 Å². The first-order valence-corrected chi connectivity index (χ1v) is 8.30. The molecular weight excluding hydrogens is 264 g/mol. The van der Waals surface area contributed by atoms with Crippen molar-refractivity contribution in [2.45, 2.75) is 42.1 Å². The molecule has 102 valence electrons. The second-order valence-electron chi connectivity index (χ2n) is 4.92. The van der Waals surface area contributed by atoms with Crippen LogP contribution in [0.2, 0.25) is 0 Å². The summed E-state index contributed by atoms with van der Waals surface area (Å²) >= 11 is 4.12. The molecule has 4 nitrogen and oxygen atoms in total. The number of aromatic nitrogens is 2. The first-order valence-electron chi connectivity index (χ1n) is 6.31. The van der Waals surface area contributed by atoms with Gasteiger partial charge in [0.15, 0.2) is 0 Å². The van der Waals surface area contributed by atoms with E-state index in [1.807, 2.05) is 17.9 Å². The zero-order valence-electron chi connectivity index (χ0n) is 11.2. The molecule has 0 aromatic carbocycles. The number of aryl methyl sites for hydroxylation is 1. The monoisotopic (exact) mass is 286 g/mol. The lowest BCUT2D eigenvalue weighted by molar-refractivity contribution is 0.521. The van der Waals surface area contributed by atoms with Crippen molar-refractivity contribution in [3.8, 4) is 0 Å². The van der Waals surface area contributed by atoms with Gasteiger partial charge in [0.2, 0.25) is 0 Å². The molecule has 4 atom stereocenters. The van der Waals surface area contributed by atoms with E-state index in [9.17, 15) is 0 Å². The fraction of sp³-hybridized carbons (Fsp3) is 0.750. The number of rotatable bonds is 4. The largest absolute Gasteiger partial charge is 0.276 e. The first kappa shape index (κ1) is 14.2. The van der Waals surface area contributed by atoms with Crippen molar-refractivity contribution in [3.05, 3.63) is 18.0 Å². The van der Waals surface area contributed by atoms with Crippen molar-refractivity contribution < 1.29 is 0 Å². The van der Waals surface area contributed by atoms with Gasteiger partial charge in [0.25, 0.3) is 0 Å². The van der Waals surface area contributed by atoms with Gasteiger partial charge < -0.3 is 0 Å². The number of nitrogens with one attached hydrogen (secondary N) is 1. The van der Waals surface area contributed by atoms with Crippen LogP contribution in [-0.4, -0.2) is 37.3 Å². The summed E-state index contributed by atoms with van der Waals surface area (Å²) in [5, 5.41) is 6.22. The van der Waals surface area contributed by atoms with E-state index in [0.29, 0.717) is 16.5 Å². The standard InChI is InChI=1S/C12H22N4S2/c1-8-9(2)18-12(7-17-8)11(15-13)4-10-5-14-16(3)6-10/h5-6,8-9,11-12,15H,4,7,13H2,1-3H3. The average Bonchev–Trinajstić information content (AvgIpc) is 2.75. The summed E-state index contributed by atoms with van der Waals surface area (Å²) < 4.78 is 1.84. The highest BCUT2D eigenvalue weighted by atomic mass is 32.2. The third-order valence-electron chi connectivity index (χ3n) is 3.45. The van der Waals surface area contributed by atoms with Gasteiger partial charge in [-0.15, -0.1) is 0 Å². The Kier molecular flexibility index (Phi) is 5.00. The Hall–Kier alpha value is -0.170. The van der Waals surface area contributed by atoms with E-state index in [1.54, 1.807) is 0 Å². The lowest BCUT2D eigenvalue weighted by atomic mass is 10.1. The van der Waals surface area contributed by atoms with Crippen molar-refractivity contribution in [2.75, 3.05) is 5.75 Å². The fourth-order valence-electron chi connectivity index (χ4n) is 2.15. The molecule has 0 amide bonds. The Morgan fingerprint density at radius 3 is 2.89 bits per heavy atom. The summed E-state index contributed by atoms with van der Waals surface area (Å²) in [6.07, 6.45) is 4.94. The van der Waals surface area contributed by atoms with Crippen molar-refractivity contribution in [1.82, 2.24) is 15.2 Å². The van der Waals surface area contributed by atoms with E-state index >= 15 is 0 Å². The molecule has 0 spiro atoms. The smallest absolute Gasteiger partial charge is 0.0522 e. The molecule has 2 rings (SSSR count). The van der Waals surface area contributed by atoms with E-state index in [2.05, 4.69) is 54.1 Å². The summed E-state index contributed by atoms with van der Waals surface area (Å²) in [5.74, 6) is 6.91. The second-order valence-corrected chi connectivity index (χ2v) is 7.95. The lowest BCUT2D eigenvalue weighted by Crippen LogP contribution is -2.47. The van der Waals surface area contributed by atoms with Gasteiger partial charge in [-0.25, -0.2) is 0 Å². The highest BCUT2D eigenvalue weighted by Crippen LogP contribution is 2.37. The van der Waals surface area contributed by atoms with E-state index in [1.165, 1.54) is 11.3 Å². The fourth-order valence-corrected chi connectivity index (χ4v) is 5.26. The zero-order chi connectivity index (χ0) is 13.1. The molecule has 1 aromatic heterocycles. The summed E-state index contributed by atoms with van der Waals surface area (Å²) in [5.41, 5.74) is 4.24. The lowest BCUT2D eigenvalue weighted by Gasteiger charge is -2.35. The van der Waals surface area contributed by atoms with Crippen LogP contribution in [0.25, 0.3) is 0 Å². The van der Waals surface area contributed by atoms with Crippen LogP contribution in [0.15, 0.2) is 12.4 Å². The van der Waals surface area contributed by atoms with Crippen LogP contribution in [0.3, 0.4) is 0 Å². The maximum absolute atomic E-state index is 5.74. The molecule has 1 aliphatic rings. The number of nitrogens with two attached hydrogens (primary N) is 1. The summed E-state index contributed by atoms with van der Waals surface area (Å²) in [6, 6.07) is 0.321. The van der Waals surface area contributed by atoms with E-state index in [4.69, 9.17) is 5.84 Å². The number of nitrogens with zero attached hydrogens (tertiary/aromatic N) is 2.